The highest BCUT2D eigenvalue weighted by atomic mass is 16.3. The highest BCUT2D eigenvalue weighted by Crippen LogP contribution is 2.63. The molecular formula is C68H45NO. The molecule has 0 saturated heterocycles. The molecule has 0 aliphatic heterocycles. The first-order chi connectivity index (χ1) is 34.8. The normalized spacial score (nSPS) is 13.7. The van der Waals surface area contributed by atoms with Crippen LogP contribution in [-0.2, 0) is 10.8 Å². The minimum Gasteiger partial charge on any atom is -0.455 e. The van der Waals surface area contributed by atoms with Crippen molar-refractivity contribution in [2.24, 2.45) is 0 Å². The van der Waals surface area contributed by atoms with Crippen LogP contribution in [0.25, 0.3) is 55.3 Å². The van der Waals surface area contributed by atoms with Crippen molar-refractivity contribution in [1.29, 1.82) is 0 Å². The lowest BCUT2D eigenvalue weighted by molar-refractivity contribution is 0.670. The zero-order chi connectivity index (χ0) is 46.2. The summed E-state index contributed by atoms with van der Waals surface area (Å²) < 4.78 is 6.61. The number of para-hydroxylation sites is 2. The van der Waals surface area contributed by atoms with Gasteiger partial charge < -0.3 is 9.32 Å². The molecule has 0 fully saturated rings. The van der Waals surface area contributed by atoms with Gasteiger partial charge in [0, 0.05) is 33.2 Å². The van der Waals surface area contributed by atoms with E-state index in [1.54, 1.807) is 0 Å². The van der Waals surface area contributed by atoms with Crippen LogP contribution in [0.2, 0.25) is 0 Å². The van der Waals surface area contributed by atoms with E-state index in [-0.39, 0.29) is 0 Å². The molecule has 0 unspecified atom stereocenters. The summed E-state index contributed by atoms with van der Waals surface area (Å²) in [5, 5.41) is 2.25. The summed E-state index contributed by atoms with van der Waals surface area (Å²) in [6.07, 6.45) is 0. The van der Waals surface area contributed by atoms with E-state index in [0.29, 0.717) is 0 Å². The van der Waals surface area contributed by atoms with E-state index in [1.807, 2.05) is 6.07 Å². The molecule has 2 aliphatic carbocycles. The van der Waals surface area contributed by atoms with Gasteiger partial charge >= 0.3 is 0 Å². The van der Waals surface area contributed by atoms with Gasteiger partial charge in [-0.3, -0.25) is 0 Å². The molecule has 0 radical (unpaired) electrons. The smallest absolute Gasteiger partial charge is 0.143 e. The van der Waals surface area contributed by atoms with Crippen molar-refractivity contribution in [1.82, 2.24) is 0 Å². The average molecular weight is 892 g/mol. The van der Waals surface area contributed by atoms with Crippen LogP contribution in [0.1, 0.15) is 44.5 Å². The van der Waals surface area contributed by atoms with Gasteiger partial charge in [-0.15, -0.1) is 0 Å². The molecule has 0 spiro atoms. The molecule has 328 valence electrons. The Labute approximate surface area is 408 Å². The molecule has 12 aromatic rings. The van der Waals surface area contributed by atoms with E-state index < -0.39 is 10.8 Å². The Bertz CT molecular complexity index is 3850. The Morgan fingerprint density at radius 1 is 0.300 bits per heavy atom. The maximum Gasteiger partial charge on any atom is 0.143 e. The number of fused-ring (bicyclic) bond motifs is 9. The van der Waals surface area contributed by atoms with Gasteiger partial charge in [0.15, 0.2) is 0 Å². The van der Waals surface area contributed by atoms with Crippen LogP contribution in [0.15, 0.2) is 277 Å². The second-order valence-corrected chi connectivity index (χ2v) is 18.6. The molecule has 0 saturated carbocycles. The van der Waals surface area contributed by atoms with Crippen LogP contribution >= 0.6 is 0 Å². The lowest BCUT2D eigenvalue weighted by Crippen LogP contribution is -2.30. The van der Waals surface area contributed by atoms with Crippen molar-refractivity contribution < 1.29 is 4.42 Å². The standard InChI is InChI=1S/C68H45NO/c1-5-22-47(23-6-1)67(48-24-7-2-8-25-48)59-37-17-14-32-57(59)64-60(67)38-21-39-61(64)69(51-44-42-46(43-45-51)52-33-19-35-56-54-31-15-18-41-63(54)70-66(52)56)62-40-20-34-55-53-30-13-16-36-58(53)68(65(55)62,49-26-9-3-10-27-49)50-28-11-4-12-29-50/h1-45H. The van der Waals surface area contributed by atoms with Crippen molar-refractivity contribution in [3.63, 3.8) is 0 Å². The van der Waals surface area contributed by atoms with Gasteiger partial charge in [0.2, 0.25) is 0 Å². The van der Waals surface area contributed by atoms with E-state index >= 15 is 0 Å². The first-order valence-corrected chi connectivity index (χ1v) is 24.3. The van der Waals surface area contributed by atoms with Gasteiger partial charge in [0.05, 0.1) is 22.2 Å². The van der Waals surface area contributed by atoms with Crippen LogP contribution in [0.5, 0.6) is 0 Å². The third kappa shape index (κ3) is 5.62. The molecule has 14 rings (SSSR count). The van der Waals surface area contributed by atoms with E-state index in [4.69, 9.17) is 4.42 Å². The summed E-state index contributed by atoms with van der Waals surface area (Å²) in [5.74, 6) is 0. The van der Waals surface area contributed by atoms with Crippen LogP contribution in [0.4, 0.5) is 17.1 Å². The molecule has 2 aliphatic rings. The molecule has 1 aromatic heterocycles. The Morgan fingerprint density at radius 2 is 0.757 bits per heavy atom. The van der Waals surface area contributed by atoms with Gasteiger partial charge in [-0.25, -0.2) is 0 Å². The van der Waals surface area contributed by atoms with Crippen LogP contribution in [-0.4, -0.2) is 0 Å². The van der Waals surface area contributed by atoms with E-state index in [0.717, 1.165) is 50.1 Å². The van der Waals surface area contributed by atoms with Gasteiger partial charge in [0.1, 0.15) is 11.2 Å². The Kier molecular flexibility index (Phi) is 9.06. The Balaban J connectivity index is 1.08. The van der Waals surface area contributed by atoms with E-state index in [9.17, 15) is 0 Å². The summed E-state index contributed by atoms with van der Waals surface area (Å²) in [6, 6.07) is 101. The second-order valence-electron chi connectivity index (χ2n) is 18.6. The summed E-state index contributed by atoms with van der Waals surface area (Å²) in [6.45, 7) is 0. The summed E-state index contributed by atoms with van der Waals surface area (Å²) in [7, 11) is 0. The number of rotatable bonds is 8. The largest absolute Gasteiger partial charge is 0.455 e. The Hall–Kier alpha value is -8.98. The minimum atomic E-state index is -0.645. The number of hydrogen-bond donors (Lipinski definition) is 0. The minimum absolute atomic E-state index is 0.571. The van der Waals surface area contributed by atoms with Crippen molar-refractivity contribution in [3.8, 4) is 33.4 Å². The lowest BCUT2D eigenvalue weighted by atomic mass is 9.67. The molecule has 11 aromatic carbocycles. The summed E-state index contributed by atoms with van der Waals surface area (Å²) in [5.41, 5.74) is 21.0. The molecule has 1 heterocycles. The summed E-state index contributed by atoms with van der Waals surface area (Å²) >= 11 is 0. The molecule has 0 N–H and O–H groups in total. The predicted molar refractivity (Wildman–Crippen MR) is 288 cm³/mol. The molecule has 0 amide bonds. The molecule has 0 bridgehead atoms. The fraction of sp³-hybridized carbons (Fsp3) is 0.0294. The quantitative estimate of drug-likeness (QED) is 0.151. The molecule has 0 atom stereocenters. The monoisotopic (exact) mass is 891 g/mol. The number of hydrogen-bond acceptors (Lipinski definition) is 2. The first-order valence-electron chi connectivity index (χ1n) is 24.3. The van der Waals surface area contributed by atoms with Crippen LogP contribution < -0.4 is 4.90 Å². The number of nitrogens with zero attached hydrogens (tertiary/aromatic N) is 1. The molecule has 2 heteroatoms. The average Bonchev–Trinajstić information content (AvgIpc) is 4.09. The number of furan rings is 1. The van der Waals surface area contributed by atoms with Crippen LogP contribution in [0, 0.1) is 0 Å². The highest BCUT2D eigenvalue weighted by molar-refractivity contribution is 6.10. The first kappa shape index (κ1) is 40.1. The fourth-order valence-electron chi connectivity index (χ4n) is 12.5. The third-order valence-electron chi connectivity index (χ3n) is 15.2. The molecular weight excluding hydrogens is 847 g/mol. The van der Waals surface area contributed by atoms with Crippen molar-refractivity contribution in [2.45, 2.75) is 10.8 Å². The predicted octanol–water partition coefficient (Wildman–Crippen LogP) is 17.4. The van der Waals surface area contributed by atoms with Gasteiger partial charge in [0.25, 0.3) is 0 Å². The SMILES string of the molecule is c1ccc(C2(c3ccccc3)c3ccccc3-c3c(N(c4ccc(-c5cccc6c5oc5ccccc56)cc4)c4cccc5c4C(c4ccccc4)(c4ccccc4)c4ccccc4-5)cccc32)cc1. The van der Waals surface area contributed by atoms with E-state index in [1.165, 1.54) is 66.8 Å². The van der Waals surface area contributed by atoms with Crippen LogP contribution in [0.3, 0.4) is 0 Å². The zero-order valence-electron chi connectivity index (χ0n) is 38.3. The highest BCUT2D eigenvalue weighted by Gasteiger charge is 2.50. The second kappa shape index (κ2) is 15.8. The third-order valence-corrected chi connectivity index (χ3v) is 15.2. The Morgan fingerprint density at radius 3 is 1.41 bits per heavy atom. The zero-order valence-corrected chi connectivity index (χ0v) is 38.3. The molecule has 2 nitrogen and oxygen atoms in total. The van der Waals surface area contributed by atoms with Gasteiger partial charge in [-0.1, -0.05) is 243 Å². The van der Waals surface area contributed by atoms with Gasteiger partial charge in [-0.2, -0.15) is 0 Å². The maximum atomic E-state index is 6.61. The van der Waals surface area contributed by atoms with Crippen molar-refractivity contribution >= 4 is 39.0 Å². The molecule has 70 heavy (non-hydrogen) atoms. The maximum absolute atomic E-state index is 6.61. The number of anilines is 3. The fourth-order valence-corrected chi connectivity index (χ4v) is 12.5. The lowest BCUT2D eigenvalue weighted by Gasteiger charge is -2.38. The van der Waals surface area contributed by atoms with Gasteiger partial charge in [-0.05, 0) is 91.5 Å². The number of benzene rings is 11. The summed E-state index contributed by atoms with van der Waals surface area (Å²) in [4.78, 5) is 2.57. The van der Waals surface area contributed by atoms with Crippen molar-refractivity contribution in [2.75, 3.05) is 4.90 Å². The van der Waals surface area contributed by atoms with Crippen molar-refractivity contribution in [3.05, 3.63) is 317 Å². The van der Waals surface area contributed by atoms with E-state index in [2.05, 4.69) is 272 Å². The topological polar surface area (TPSA) is 16.4 Å².